The maximum absolute atomic E-state index is 6.27. The van der Waals surface area contributed by atoms with Crippen molar-refractivity contribution in [3.63, 3.8) is 0 Å². The summed E-state index contributed by atoms with van der Waals surface area (Å²) in [4.78, 5) is 0. The second-order valence-corrected chi connectivity index (χ2v) is 9.59. The van der Waals surface area contributed by atoms with E-state index >= 15 is 0 Å². The van der Waals surface area contributed by atoms with Crippen LogP contribution >= 0.6 is 0 Å². The second kappa shape index (κ2) is 8.79. The van der Waals surface area contributed by atoms with Gasteiger partial charge in [0.1, 0.15) is 22.7 Å². The average Bonchev–Trinajstić information content (AvgIpc) is 3.25. The maximum atomic E-state index is 6.27. The van der Waals surface area contributed by atoms with Crippen LogP contribution in [0.15, 0.2) is 55.2 Å². The molecule has 29 heavy (non-hydrogen) atoms. The van der Waals surface area contributed by atoms with E-state index in [0.717, 1.165) is 36.3 Å². The molecule has 0 spiro atoms. The second-order valence-electron chi connectivity index (χ2n) is 9.59. The number of rotatable bonds is 11. The van der Waals surface area contributed by atoms with Crippen LogP contribution in [-0.4, -0.2) is 22.9 Å². The monoisotopic (exact) mass is 398 g/mol. The molecule has 0 radical (unpaired) electrons. The Kier molecular flexibility index (Phi) is 7.06. The largest absolute Gasteiger partial charge is 0.484 e. The van der Waals surface area contributed by atoms with Crippen molar-refractivity contribution in [1.29, 1.82) is 0 Å². The summed E-state index contributed by atoms with van der Waals surface area (Å²) in [7, 11) is 0. The number of benzene rings is 1. The Morgan fingerprint density at radius 3 is 2.24 bits per heavy atom. The molecule has 0 aromatic heterocycles. The number of hydrogen-bond acceptors (Lipinski definition) is 3. The molecule has 0 unspecified atom stereocenters. The first kappa shape index (κ1) is 23.3. The van der Waals surface area contributed by atoms with Gasteiger partial charge in [0.25, 0.3) is 0 Å². The van der Waals surface area contributed by atoms with Crippen molar-refractivity contribution in [2.75, 3.05) is 0 Å². The highest BCUT2D eigenvalue weighted by atomic mass is 16.6. The fourth-order valence-corrected chi connectivity index (χ4v) is 3.02. The molecule has 1 saturated heterocycles. The van der Waals surface area contributed by atoms with Crippen molar-refractivity contribution >= 4 is 0 Å². The molecule has 3 nitrogen and oxygen atoms in total. The highest BCUT2D eigenvalue weighted by molar-refractivity contribution is 5.43. The fourth-order valence-electron chi connectivity index (χ4n) is 3.02. The Labute approximate surface area is 177 Å². The highest BCUT2D eigenvalue weighted by Crippen LogP contribution is 2.39. The van der Waals surface area contributed by atoms with E-state index in [4.69, 9.17) is 14.2 Å². The summed E-state index contributed by atoms with van der Waals surface area (Å²) < 4.78 is 18.0. The van der Waals surface area contributed by atoms with Gasteiger partial charge in [-0.15, -0.1) is 0 Å². The van der Waals surface area contributed by atoms with E-state index in [9.17, 15) is 0 Å². The summed E-state index contributed by atoms with van der Waals surface area (Å²) in [6.07, 6.45) is 9.23. The molecule has 1 fully saturated rings. The predicted molar refractivity (Wildman–Crippen MR) is 122 cm³/mol. The molecule has 1 aromatic rings. The quantitative estimate of drug-likeness (QED) is 0.303. The van der Waals surface area contributed by atoms with Gasteiger partial charge in [-0.3, -0.25) is 0 Å². The first-order chi connectivity index (χ1) is 13.4. The third-order valence-electron chi connectivity index (χ3n) is 5.41. The third kappa shape index (κ3) is 7.08. The van der Waals surface area contributed by atoms with Crippen molar-refractivity contribution in [2.24, 2.45) is 0 Å². The van der Waals surface area contributed by atoms with Gasteiger partial charge in [0.2, 0.25) is 0 Å². The molecule has 1 heterocycles. The van der Waals surface area contributed by atoms with Crippen LogP contribution in [0.25, 0.3) is 0 Å². The number of epoxide rings is 1. The van der Waals surface area contributed by atoms with Crippen LogP contribution in [0, 0.1) is 0 Å². The molecule has 3 heteroatoms. The van der Waals surface area contributed by atoms with Crippen molar-refractivity contribution < 1.29 is 14.2 Å². The van der Waals surface area contributed by atoms with Crippen LogP contribution in [-0.2, 0) is 11.2 Å². The van der Waals surface area contributed by atoms with Gasteiger partial charge in [-0.2, -0.15) is 0 Å². The lowest BCUT2D eigenvalue weighted by atomic mass is 10.0. The zero-order chi connectivity index (χ0) is 21.9. The van der Waals surface area contributed by atoms with E-state index < -0.39 is 11.2 Å². The topological polar surface area (TPSA) is 31.0 Å². The van der Waals surface area contributed by atoms with E-state index in [1.807, 2.05) is 45.9 Å². The van der Waals surface area contributed by atoms with E-state index in [-0.39, 0.29) is 5.60 Å². The summed E-state index contributed by atoms with van der Waals surface area (Å²) in [6.45, 7) is 22.2. The third-order valence-corrected chi connectivity index (χ3v) is 5.41. The molecule has 0 aliphatic carbocycles. The van der Waals surface area contributed by atoms with E-state index in [1.54, 1.807) is 6.08 Å². The first-order valence-corrected chi connectivity index (χ1v) is 10.5. The van der Waals surface area contributed by atoms with Crippen LogP contribution in [0.3, 0.4) is 0 Å². The van der Waals surface area contributed by atoms with Gasteiger partial charge < -0.3 is 14.2 Å². The van der Waals surface area contributed by atoms with Crippen LogP contribution in [0.4, 0.5) is 0 Å². The minimum absolute atomic E-state index is 0.0621. The Hall–Kier alpha value is -2.00. The zero-order valence-corrected chi connectivity index (χ0v) is 19.3. The van der Waals surface area contributed by atoms with Gasteiger partial charge in [0.15, 0.2) is 0 Å². The standard InChI is InChI=1S/C26H38O3/c1-10-24(4,5)27-21-16-15-20(22(18-21)28-25(6,7)11-2)14-12-19(3)13-17-23-26(8,9)29-23/h10-12,15-16,18,23H,1-2,13-14,17H2,3-9H3/b19-12+/t23-/m0/s1. The van der Waals surface area contributed by atoms with Crippen LogP contribution in [0.1, 0.15) is 66.9 Å². The molecular formula is C26H38O3. The zero-order valence-electron chi connectivity index (χ0n) is 19.3. The minimum Gasteiger partial charge on any atom is -0.484 e. The van der Waals surface area contributed by atoms with Crippen molar-refractivity contribution in [3.8, 4) is 11.5 Å². The normalized spacial score (nSPS) is 18.9. The first-order valence-electron chi connectivity index (χ1n) is 10.5. The summed E-state index contributed by atoms with van der Waals surface area (Å²) in [5.74, 6) is 1.59. The number of ether oxygens (including phenoxy) is 3. The smallest absolute Gasteiger partial charge is 0.127 e. The molecule has 1 atom stereocenters. The molecular weight excluding hydrogens is 360 g/mol. The molecule has 2 rings (SSSR count). The van der Waals surface area contributed by atoms with Gasteiger partial charge >= 0.3 is 0 Å². The summed E-state index contributed by atoms with van der Waals surface area (Å²) >= 11 is 0. The van der Waals surface area contributed by atoms with Gasteiger partial charge in [0, 0.05) is 6.07 Å². The Balaban J connectivity index is 2.14. The van der Waals surface area contributed by atoms with Gasteiger partial charge in [-0.05, 0) is 91.5 Å². The highest BCUT2D eigenvalue weighted by Gasteiger charge is 2.46. The van der Waals surface area contributed by atoms with Crippen LogP contribution < -0.4 is 9.47 Å². The van der Waals surface area contributed by atoms with E-state index in [0.29, 0.717) is 6.10 Å². The van der Waals surface area contributed by atoms with Crippen molar-refractivity contribution in [3.05, 3.63) is 60.7 Å². The van der Waals surface area contributed by atoms with Gasteiger partial charge in [-0.25, -0.2) is 0 Å². The van der Waals surface area contributed by atoms with Gasteiger partial charge in [-0.1, -0.05) is 30.9 Å². The van der Waals surface area contributed by atoms with E-state index in [2.05, 4.69) is 46.1 Å². The molecule has 1 aliphatic rings. The van der Waals surface area contributed by atoms with E-state index in [1.165, 1.54) is 5.57 Å². The molecule has 1 aliphatic heterocycles. The molecule has 160 valence electrons. The Morgan fingerprint density at radius 2 is 1.69 bits per heavy atom. The fraction of sp³-hybridized carbons (Fsp3) is 0.538. The summed E-state index contributed by atoms with van der Waals surface area (Å²) in [5.41, 5.74) is 1.66. The van der Waals surface area contributed by atoms with Crippen LogP contribution in [0.5, 0.6) is 11.5 Å². The van der Waals surface area contributed by atoms with Crippen molar-refractivity contribution in [1.82, 2.24) is 0 Å². The molecule has 1 aromatic carbocycles. The summed E-state index contributed by atoms with van der Waals surface area (Å²) in [5, 5.41) is 0. The lowest BCUT2D eigenvalue weighted by molar-refractivity contribution is 0.150. The Morgan fingerprint density at radius 1 is 1.10 bits per heavy atom. The maximum Gasteiger partial charge on any atom is 0.127 e. The Bertz CT molecular complexity index is 768. The van der Waals surface area contributed by atoms with Crippen molar-refractivity contribution in [2.45, 2.75) is 90.6 Å². The minimum atomic E-state index is -0.463. The SMILES string of the molecule is C=CC(C)(C)Oc1ccc(C/C=C(\C)CC[C@@H]2OC2(C)C)c(OC(C)(C)C=C)c1. The lowest BCUT2D eigenvalue weighted by Gasteiger charge is -2.26. The number of allylic oxidation sites excluding steroid dienone is 2. The summed E-state index contributed by atoms with van der Waals surface area (Å²) in [6, 6.07) is 6.05. The average molecular weight is 399 g/mol. The molecule has 0 N–H and O–H groups in total. The lowest BCUT2D eigenvalue weighted by Crippen LogP contribution is -2.26. The number of hydrogen-bond donors (Lipinski definition) is 0. The molecule has 0 amide bonds. The molecule has 0 bridgehead atoms. The van der Waals surface area contributed by atoms with Gasteiger partial charge in [0.05, 0.1) is 11.7 Å². The molecule has 0 saturated carbocycles. The predicted octanol–water partition coefficient (Wildman–Crippen LogP) is 6.82. The van der Waals surface area contributed by atoms with Crippen LogP contribution in [0.2, 0.25) is 0 Å².